The van der Waals surface area contributed by atoms with Gasteiger partial charge in [-0.1, -0.05) is 0 Å². The minimum atomic E-state index is -0.505. The van der Waals surface area contributed by atoms with Gasteiger partial charge < -0.3 is 14.2 Å². The van der Waals surface area contributed by atoms with Crippen LogP contribution in [-0.4, -0.2) is 20.0 Å². The van der Waals surface area contributed by atoms with Crippen LogP contribution >= 0.6 is 0 Å². The Bertz CT molecular complexity index is 834. The predicted molar refractivity (Wildman–Crippen MR) is 87.1 cm³/mol. The van der Waals surface area contributed by atoms with Gasteiger partial charge in [0.15, 0.2) is 5.78 Å². The van der Waals surface area contributed by atoms with E-state index in [9.17, 15) is 9.90 Å². The van der Waals surface area contributed by atoms with Crippen LogP contribution < -0.4 is 0 Å². The first-order valence-corrected chi connectivity index (χ1v) is 7.49. The highest BCUT2D eigenvalue weighted by Gasteiger charge is 2.43. The maximum atomic E-state index is 12.7. The van der Waals surface area contributed by atoms with E-state index in [0.29, 0.717) is 5.57 Å². The average molecular weight is 298 g/mol. The van der Waals surface area contributed by atoms with Crippen molar-refractivity contribution < 1.29 is 9.90 Å². The fraction of sp³-hybridized carbons (Fsp3) is 0.389. The summed E-state index contributed by atoms with van der Waals surface area (Å²) >= 11 is 0. The van der Waals surface area contributed by atoms with Crippen molar-refractivity contribution in [2.45, 2.75) is 33.6 Å². The summed E-state index contributed by atoms with van der Waals surface area (Å²) in [5, 5.41) is 10.5. The van der Waals surface area contributed by atoms with Gasteiger partial charge in [0, 0.05) is 42.4 Å². The number of hydrogen-bond donors (Lipinski definition) is 1. The Morgan fingerprint density at radius 1 is 0.955 bits per heavy atom. The minimum absolute atomic E-state index is 0.0138. The fourth-order valence-electron chi connectivity index (χ4n) is 3.31. The summed E-state index contributed by atoms with van der Waals surface area (Å²) in [5.74, 6) is -0.290. The summed E-state index contributed by atoms with van der Waals surface area (Å²) in [6, 6.07) is 3.96. The number of rotatable bonds is 2. The minimum Gasteiger partial charge on any atom is -0.510 e. The lowest BCUT2D eigenvalue weighted by molar-refractivity contribution is -0.116. The highest BCUT2D eigenvalue weighted by molar-refractivity contribution is 6.32. The van der Waals surface area contributed by atoms with Crippen LogP contribution in [0.15, 0.2) is 17.9 Å². The van der Waals surface area contributed by atoms with Gasteiger partial charge in [-0.25, -0.2) is 0 Å². The molecule has 0 aliphatic heterocycles. The van der Waals surface area contributed by atoms with Gasteiger partial charge in [0.05, 0.1) is 5.57 Å². The molecule has 3 rings (SSSR count). The molecule has 1 unspecified atom stereocenters. The van der Waals surface area contributed by atoms with Crippen molar-refractivity contribution in [3.63, 3.8) is 0 Å². The molecule has 0 radical (unpaired) electrons. The molecule has 0 amide bonds. The molecule has 1 aliphatic carbocycles. The number of aromatic nitrogens is 2. The van der Waals surface area contributed by atoms with Crippen molar-refractivity contribution in [2.24, 2.45) is 14.1 Å². The normalized spacial score (nSPS) is 18.1. The number of carbonyl (C=O) groups excluding carboxylic acids is 1. The quantitative estimate of drug-likeness (QED) is 0.925. The highest BCUT2D eigenvalue weighted by atomic mass is 16.3. The van der Waals surface area contributed by atoms with Gasteiger partial charge in [0.2, 0.25) is 0 Å². The average Bonchev–Trinajstić information content (AvgIpc) is 2.85. The van der Waals surface area contributed by atoms with E-state index in [1.54, 1.807) is 0 Å². The Morgan fingerprint density at radius 2 is 1.50 bits per heavy atom. The molecule has 1 atom stereocenters. The lowest BCUT2D eigenvalue weighted by atomic mass is 9.75. The molecule has 4 nitrogen and oxygen atoms in total. The first-order chi connectivity index (χ1) is 10.3. The predicted octanol–water partition coefficient (Wildman–Crippen LogP) is 3.23. The maximum Gasteiger partial charge on any atom is 0.182 e. The van der Waals surface area contributed by atoms with Crippen LogP contribution in [0.3, 0.4) is 0 Å². The molecule has 0 fully saturated rings. The molecule has 2 aromatic heterocycles. The van der Waals surface area contributed by atoms with E-state index in [2.05, 4.69) is 0 Å². The van der Waals surface area contributed by atoms with Crippen molar-refractivity contribution in [1.29, 1.82) is 0 Å². The van der Waals surface area contributed by atoms with E-state index < -0.39 is 5.92 Å². The van der Waals surface area contributed by atoms with Gasteiger partial charge in [-0.15, -0.1) is 0 Å². The summed E-state index contributed by atoms with van der Waals surface area (Å²) in [5.41, 5.74) is 6.45. The lowest BCUT2D eigenvalue weighted by Crippen LogP contribution is -2.29. The number of ketones is 1. The second-order valence-electron chi connectivity index (χ2n) is 6.29. The second-order valence-corrected chi connectivity index (χ2v) is 6.29. The van der Waals surface area contributed by atoms with Gasteiger partial charge in [-0.3, -0.25) is 4.79 Å². The summed E-state index contributed by atoms with van der Waals surface area (Å²) in [6.07, 6.45) is 0. The van der Waals surface area contributed by atoms with Gasteiger partial charge in [-0.05, 0) is 45.4 Å². The van der Waals surface area contributed by atoms with E-state index in [1.165, 1.54) is 0 Å². The third kappa shape index (κ3) is 1.73. The molecule has 2 heterocycles. The monoisotopic (exact) mass is 298 g/mol. The largest absolute Gasteiger partial charge is 0.510 e. The van der Waals surface area contributed by atoms with E-state index in [-0.39, 0.29) is 11.5 Å². The summed E-state index contributed by atoms with van der Waals surface area (Å²) in [4.78, 5) is 12.7. The van der Waals surface area contributed by atoms with Crippen LogP contribution in [0.25, 0.3) is 5.57 Å². The van der Waals surface area contributed by atoms with Gasteiger partial charge in [-0.2, -0.15) is 0 Å². The summed E-state index contributed by atoms with van der Waals surface area (Å²) in [7, 11) is 3.95. The third-order valence-corrected chi connectivity index (χ3v) is 5.21. The number of aliphatic hydroxyl groups is 1. The van der Waals surface area contributed by atoms with Crippen LogP contribution in [0.4, 0.5) is 0 Å². The zero-order chi connectivity index (χ0) is 16.3. The maximum absolute atomic E-state index is 12.7. The van der Waals surface area contributed by atoms with E-state index in [0.717, 1.165) is 33.9 Å². The Kier molecular flexibility index (Phi) is 3.09. The van der Waals surface area contributed by atoms with Crippen molar-refractivity contribution in [3.05, 3.63) is 51.8 Å². The summed E-state index contributed by atoms with van der Waals surface area (Å²) < 4.78 is 4.08. The van der Waals surface area contributed by atoms with E-state index >= 15 is 0 Å². The molecule has 116 valence electrons. The number of allylic oxidation sites excluding steroid dienone is 2. The summed E-state index contributed by atoms with van der Waals surface area (Å²) in [6.45, 7) is 7.96. The first-order valence-electron chi connectivity index (χ1n) is 7.49. The molecule has 2 aromatic rings. The molecular weight excluding hydrogens is 276 g/mol. The number of Topliss-reactive ketones (excluding diaryl/α,β-unsaturated/α-hetero) is 1. The molecule has 0 aromatic carbocycles. The molecule has 0 bridgehead atoms. The molecule has 4 heteroatoms. The van der Waals surface area contributed by atoms with E-state index in [1.807, 2.05) is 63.1 Å². The van der Waals surface area contributed by atoms with Gasteiger partial charge in [0.1, 0.15) is 11.7 Å². The molecule has 1 aliphatic rings. The topological polar surface area (TPSA) is 47.2 Å². The van der Waals surface area contributed by atoms with E-state index in [4.69, 9.17) is 0 Å². The highest BCUT2D eigenvalue weighted by Crippen LogP contribution is 2.45. The van der Waals surface area contributed by atoms with Crippen molar-refractivity contribution in [2.75, 3.05) is 0 Å². The first kappa shape index (κ1) is 14.7. The Balaban J connectivity index is 2.10. The number of nitrogens with zero attached hydrogens (tertiary/aromatic N) is 2. The molecule has 0 saturated heterocycles. The number of aryl methyl sites for hydroxylation is 2. The molecule has 0 spiro atoms. The van der Waals surface area contributed by atoms with Gasteiger partial charge in [0.25, 0.3) is 0 Å². The van der Waals surface area contributed by atoms with Gasteiger partial charge >= 0.3 is 0 Å². The molecule has 22 heavy (non-hydrogen) atoms. The second kappa shape index (κ2) is 4.63. The lowest BCUT2D eigenvalue weighted by Gasteiger charge is -2.28. The van der Waals surface area contributed by atoms with Crippen molar-refractivity contribution >= 4 is 11.4 Å². The Labute approximate surface area is 130 Å². The van der Waals surface area contributed by atoms with Crippen LogP contribution in [0, 0.1) is 27.7 Å². The number of hydrogen-bond acceptors (Lipinski definition) is 2. The third-order valence-electron chi connectivity index (χ3n) is 5.21. The molecule has 1 N–H and O–H groups in total. The van der Waals surface area contributed by atoms with Crippen LogP contribution in [0.2, 0.25) is 0 Å². The zero-order valence-electron chi connectivity index (χ0n) is 14.0. The van der Waals surface area contributed by atoms with Crippen LogP contribution in [0.1, 0.15) is 39.8 Å². The standard InChI is InChI=1S/C18H22N2O2/c1-9-7-13(11(3)19(9)5)15-17(21)16(18(15)22)14-8-10(2)20(6)12(14)4/h7-8,15,21H,1-6H3. The Hall–Kier alpha value is -2.23. The smallest absolute Gasteiger partial charge is 0.182 e. The van der Waals surface area contributed by atoms with Crippen molar-refractivity contribution in [3.8, 4) is 0 Å². The SMILES string of the molecule is Cc1cc(C2=C(O)C(c3cc(C)n(C)c3C)C2=O)c(C)n1C. The zero-order valence-corrected chi connectivity index (χ0v) is 14.0. The number of aliphatic hydroxyl groups excluding tert-OH is 1. The Morgan fingerprint density at radius 3 is 1.91 bits per heavy atom. The number of carbonyl (C=O) groups is 1. The van der Waals surface area contributed by atoms with Crippen LogP contribution in [-0.2, 0) is 18.9 Å². The van der Waals surface area contributed by atoms with Crippen molar-refractivity contribution in [1.82, 2.24) is 9.13 Å². The van der Waals surface area contributed by atoms with Crippen LogP contribution in [0.5, 0.6) is 0 Å². The molecular formula is C18H22N2O2. The molecule has 0 saturated carbocycles. The fourth-order valence-corrected chi connectivity index (χ4v) is 3.31.